The second kappa shape index (κ2) is 8.49. The molecule has 1 heterocycles. The van der Waals surface area contributed by atoms with Gasteiger partial charge in [0.05, 0.1) is 5.56 Å². The van der Waals surface area contributed by atoms with Gasteiger partial charge in [-0.15, -0.1) is 0 Å². The first-order chi connectivity index (χ1) is 12.9. The van der Waals surface area contributed by atoms with Gasteiger partial charge < -0.3 is 15.0 Å². The number of aromatic nitrogens is 1. The predicted molar refractivity (Wildman–Crippen MR) is 110 cm³/mol. The van der Waals surface area contributed by atoms with Gasteiger partial charge in [0.25, 0.3) is 0 Å². The molecule has 146 valence electrons. The molecule has 0 radical (unpaired) electrons. The Morgan fingerprint density at radius 1 is 1.19 bits per heavy atom. The van der Waals surface area contributed by atoms with Crippen LogP contribution in [0, 0.1) is 19.8 Å². The van der Waals surface area contributed by atoms with E-state index in [1.807, 2.05) is 38.1 Å². The molecular weight excluding hydrogens is 360 g/mol. The van der Waals surface area contributed by atoms with Gasteiger partial charge >= 0.3 is 5.97 Å². The van der Waals surface area contributed by atoms with Crippen LogP contribution >= 0.6 is 11.6 Å². The fourth-order valence-corrected chi connectivity index (χ4v) is 4.44. The Bertz CT molecular complexity index is 811. The number of benzene rings is 1. The van der Waals surface area contributed by atoms with E-state index in [1.165, 1.54) is 25.7 Å². The van der Waals surface area contributed by atoms with Crippen LogP contribution < -0.4 is 5.32 Å². The molecule has 2 unspecified atom stereocenters. The maximum atomic E-state index is 12.0. The molecule has 3 rings (SSSR count). The molecule has 2 atom stereocenters. The maximum Gasteiger partial charge on any atom is 0.337 e. The van der Waals surface area contributed by atoms with E-state index in [9.17, 15) is 9.90 Å². The Hall–Kier alpha value is -1.78. The van der Waals surface area contributed by atoms with Gasteiger partial charge in [-0.2, -0.15) is 0 Å². The van der Waals surface area contributed by atoms with Crippen molar-refractivity contribution in [3.8, 4) is 0 Å². The van der Waals surface area contributed by atoms with Crippen LogP contribution in [0.25, 0.3) is 0 Å². The van der Waals surface area contributed by atoms with Crippen molar-refractivity contribution in [2.45, 2.75) is 65.6 Å². The number of carboxylic acids is 1. The summed E-state index contributed by atoms with van der Waals surface area (Å²) in [6.45, 7) is 7.47. The van der Waals surface area contributed by atoms with Crippen LogP contribution in [0.5, 0.6) is 0 Å². The largest absolute Gasteiger partial charge is 0.478 e. The molecule has 4 nitrogen and oxygen atoms in total. The van der Waals surface area contributed by atoms with Crippen LogP contribution in [0.15, 0.2) is 24.3 Å². The minimum Gasteiger partial charge on any atom is -0.478 e. The minimum atomic E-state index is -0.848. The molecule has 0 spiro atoms. The maximum absolute atomic E-state index is 12.0. The molecular formula is C22H29ClN2O2. The molecule has 1 aromatic heterocycles. The number of aromatic carboxylic acids is 1. The quantitative estimate of drug-likeness (QED) is 0.717. The Morgan fingerprint density at radius 2 is 1.85 bits per heavy atom. The summed E-state index contributed by atoms with van der Waals surface area (Å²) < 4.78 is 2.11. The van der Waals surface area contributed by atoms with Crippen molar-refractivity contribution in [1.29, 1.82) is 0 Å². The van der Waals surface area contributed by atoms with Crippen molar-refractivity contribution in [2.24, 2.45) is 5.92 Å². The topological polar surface area (TPSA) is 54.3 Å². The zero-order chi connectivity index (χ0) is 19.6. The molecule has 0 amide bonds. The summed E-state index contributed by atoms with van der Waals surface area (Å²) in [7, 11) is 0. The third-order valence-electron chi connectivity index (χ3n) is 6.03. The average molecular weight is 389 g/mol. The summed E-state index contributed by atoms with van der Waals surface area (Å²) in [5, 5.41) is 14.2. The lowest BCUT2D eigenvalue weighted by Gasteiger charge is -2.29. The highest BCUT2D eigenvalue weighted by atomic mass is 35.5. The molecule has 5 heteroatoms. The monoisotopic (exact) mass is 388 g/mol. The average Bonchev–Trinajstić information content (AvgIpc) is 2.87. The number of carboxylic acid groups (broad SMARTS) is 1. The van der Waals surface area contributed by atoms with E-state index >= 15 is 0 Å². The van der Waals surface area contributed by atoms with Gasteiger partial charge in [-0.05, 0) is 50.3 Å². The molecule has 0 bridgehead atoms. The van der Waals surface area contributed by atoms with Gasteiger partial charge in [0.15, 0.2) is 0 Å². The summed E-state index contributed by atoms with van der Waals surface area (Å²) in [6, 6.07) is 8.19. The summed E-state index contributed by atoms with van der Waals surface area (Å²) in [5.41, 5.74) is 4.29. The summed E-state index contributed by atoms with van der Waals surface area (Å²) >= 11 is 5.98. The first-order valence-electron chi connectivity index (χ1n) is 9.78. The highest BCUT2D eigenvalue weighted by Crippen LogP contribution is 2.27. The summed E-state index contributed by atoms with van der Waals surface area (Å²) in [4.78, 5) is 12.0. The molecule has 1 aromatic carbocycles. The lowest BCUT2D eigenvalue weighted by Crippen LogP contribution is -2.37. The Morgan fingerprint density at radius 3 is 2.48 bits per heavy atom. The van der Waals surface area contributed by atoms with Crippen molar-refractivity contribution in [1.82, 2.24) is 9.88 Å². The van der Waals surface area contributed by atoms with E-state index < -0.39 is 5.97 Å². The first-order valence-corrected chi connectivity index (χ1v) is 10.2. The van der Waals surface area contributed by atoms with Crippen molar-refractivity contribution in [3.63, 3.8) is 0 Å². The molecule has 1 aliphatic rings. The number of carbonyl (C=O) groups is 1. The van der Waals surface area contributed by atoms with Gasteiger partial charge in [-0.1, -0.05) is 43.5 Å². The molecule has 1 saturated carbocycles. The van der Waals surface area contributed by atoms with Gasteiger partial charge in [0, 0.05) is 41.1 Å². The molecule has 0 saturated heterocycles. The third-order valence-corrected chi connectivity index (χ3v) is 6.28. The molecule has 1 aliphatic carbocycles. The molecule has 27 heavy (non-hydrogen) atoms. The minimum absolute atomic E-state index is 0.442. The molecule has 0 aliphatic heterocycles. The standard InChI is InChI=1S/C22H29ClN2O2/c1-14-6-4-5-7-20(14)24-12-19-15(2)25(16(3)21(19)22(26)27)13-17-8-10-18(23)11-9-17/h8-11,14,20,24H,4-7,12-13H2,1-3H3,(H,26,27). The van der Waals surface area contributed by atoms with Crippen LogP contribution in [0.1, 0.15) is 65.5 Å². The van der Waals surface area contributed by atoms with Crippen LogP contribution in [0.4, 0.5) is 0 Å². The third kappa shape index (κ3) is 4.39. The lowest BCUT2D eigenvalue weighted by molar-refractivity contribution is 0.0694. The zero-order valence-electron chi connectivity index (χ0n) is 16.4. The second-order valence-corrected chi connectivity index (χ2v) is 8.23. The van der Waals surface area contributed by atoms with Gasteiger partial charge in [-0.25, -0.2) is 4.79 Å². The highest BCUT2D eigenvalue weighted by molar-refractivity contribution is 6.30. The molecule has 2 aromatic rings. The summed E-state index contributed by atoms with van der Waals surface area (Å²) in [5.74, 6) is -0.205. The normalized spacial score (nSPS) is 20.0. The number of hydrogen-bond acceptors (Lipinski definition) is 2. The Balaban J connectivity index is 1.86. The van der Waals surface area contributed by atoms with Gasteiger partial charge in [-0.3, -0.25) is 0 Å². The summed E-state index contributed by atoms with van der Waals surface area (Å²) in [6.07, 6.45) is 4.98. The Kier molecular flexibility index (Phi) is 6.28. The lowest BCUT2D eigenvalue weighted by atomic mass is 9.86. The van der Waals surface area contributed by atoms with E-state index in [0.717, 1.165) is 22.5 Å². The van der Waals surface area contributed by atoms with Crippen LogP contribution in [0.2, 0.25) is 5.02 Å². The number of nitrogens with one attached hydrogen (secondary N) is 1. The number of halogens is 1. The van der Waals surface area contributed by atoms with Crippen molar-refractivity contribution < 1.29 is 9.90 Å². The zero-order valence-corrected chi connectivity index (χ0v) is 17.1. The fraction of sp³-hybridized carbons (Fsp3) is 0.500. The van der Waals surface area contributed by atoms with E-state index in [1.54, 1.807) is 0 Å². The van der Waals surface area contributed by atoms with Gasteiger partial charge in [0.2, 0.25) is 0 Å². The van der Waals surface area contributed by atoms with Crippen molar-refractivity contribution in [2.75, 3.05) is 0 Å². The molecule has 2 N–H and O–H groups in total. The number of nitrogens with zero attached hydrogens (tertiary/aromatic N) is 1. The number of rotatable bonds is 6. The van der Waals surface area contributed by atoms with E-state index in [2.05, 4.69) is 16.8 Å². The Labute approximate surface area is 166 Å². The smallest absolute Gasteiger partial charge is 0.337 e. The van der Waals surface area contributed by atoms with E-state index in [4.69, 9.17) is 11.6 Å². The predicted octanol–water partition coefficient (Wildman–Crippen LogP) is 5.17. The highest BCUT2D eigenvalue weighted by Gasteiger charge is 2.25. The SMILES string of the molecule is Cc1c(CNC2CCCCC2C)c(C(=O)O)c(C)n1Cc1ccc(Cl)cc1. The van der Waals surface area contributed by atoms with Crippen LogP contribution in [-0.2, 0) is 13.1 Å². The number of hydrogen-bond donors (Lipinski definition) is 2. The first kappa shape index (κ1) is 20.0. The second-order valence-electron chi connectivity index (χ2n) is 7.79. The molecule has 1 fully saturated rings. The van der Waals surface area contributed by atoms with Crippen LogP contribution in [0.3, 0.4) is 0 Å². The van der Waals surface area contributed by atoms with E-state index in [0.29, 0.717) is 35.6 Å². The van der Waals surface area contributed by atoms with Gasteiger partial charge in [0.1, 0.15) is 0 Å². The van der Waals surface area contributed by atoms with Crippen molar-refractivity contribution in [3.05, 3.63) is 57.4 Å². The van der Waals surface area contributed by atoms with E-state index in [-0.39, 0.29) is 0 Å². The fourth-order valence-electron chi connectivity index (χ4n) is 4.31. The van der Waals surface area contributed by atoms with Crippen LogP contribution in [-0.4, -0.2) is 21.7 Å². The van der Waals surface area contributed by atoms with Crippen molar-refractivity contribution >= 4 is 17.6 Å².